The van der Waals surface area contributed by atoms with Gasteiger partial charge in [0, 0.05) is 26.6 Å². The Morgan fingerprint density at radius 1 is 1.15 bits per heavy atom. The Morgan fingerprint density at radius 2 is 1.89 bits per heavy atom. The zero-order valence-electron chi connectivity index (χ0n) is 14.4. The molecule has 1 aliphatic rings. The van der Waals surface area contributed by atoms with E-state index in [-0.39, 0.29) is 5.78 Å². The third-order valence-electron chi connectivity index (χ3n) is 4.31. The molecule has 2 heterocycles. The van der Waals surface area contributed by atoms with Crippen molar-refractivity contribution >= 4 is 34.7 Å². The van der Waals surface area contributed by atoms with E-state index < -0.39 is 12.1 Å². The summed E-state index contributed by atoms with van der Waals surface area (Å²) < 4.78 is 11.1. The van der Waals surface area contributed by atoms with Gasteiger partial charge in [0.1, 0.15) is 17.2 Å². The number of hydrogen-bond acceptors (Lipinski definition) is 5. The van der Waals surface area contributed by atoms with Crippen LogP contribution in [0.15, 0.2) is 54.6 Å². The summed E-state index contributed by atoms with van der Waals surface area (Å²) in [5.74, 6) is 0.0229. The SMILES string of the molecule is C[C@@H](OC(=O)c1cc2c(s1)-c1ccccc1OC2)C(=O)c1ccc(Cl)cc1. The minimum absolute atomic E-state index is 0.269. The molecule has 0 aliphatic carbocycles. The number of benzene rings is 2. The van der Waals surface area contributed by atoms with E-state index in [0.29, 0.717) is 22.1 Å². The van der Waals surface area contributed by atoms with Gasteiger partial charge in [-0.3, -0.25) is 4.79 Å². The summed E-state index contributed by atoms with van der Waals surface area (Å²) in [7, 11) is 0. The summed E-state index contributed by atoms with van der Waals surface area (Å²) in [5.41, 5.74) is 2.36. The number of esters is 1. The first-order valence-electron chi connectivity index (χ1n) is 8.38. The van der Waals surface area contributed by atoms with E-state index in [4.69, 9.17) is 21.1 Å². The second-order valence-corrected chi connectivity index (χ2v) is 7.66. The Bertz CT molecular complexity index is 1020. The number of carbonyl (C=O) groups is 2. The van der Waals surface area contributed by atoms with E-state index >= 15 is 0 Å². The van der Waals surface area contributed by atoms with Gasteiger partial charge in [-0.2, -0.15) is 0 Å². The molecule has 3 aromatic rings. The van der Waals surface area contributed by atoms with Crippen molar-refractivity contribution in [3.8, 4) is 16.2 Å². The Hall–Kier alpha value is -2.63. The Balaban J connectivity index is 1.52. The molecule has 0 bridgehead atoms. The molecule has 0 unspecified atom stereocenters. The van der Waals surface area contributed by atoms with Gasteiger partial charge in [-0.15, -0.1) is 11.3 Å². The van der Waals surface area contributed by atoms with E-state index in [1.54, 1.807) is 37.3 Å². The van der Waals surface area contributed by atoms with Crippen molar-refractivity contribution in [2.45, 2.75) is 19.6 Å². The lowest BCUT2D eigenvalue weighted by Crippen LogP contribution is -2.24. The summed E-state index contributed by atoms with van der Waals surface area (Å²) in [6.45, 7) is 1.98. The van der Waals surface area contributed by atoms with Crippen LogP contribution in [-0.4, -0.2) is 17.9 Å². The predicted molar refractivity (Wildman–Crippen MR) is 105 cm³/mol. The van der Waals surface area contributed by atoms with Gasteiger partial charge in [0.25, 0.3) is 0 Å². The normalized spacial score (nSPS) is 13.1. The maximum atomic E-state index is 12.5. The first kappa shape index (κ1) is 17.8. The Labute approximate surface area is 165 Å². The molecule has 2 aromatic carbocycles. The molecule has 0 spiro atoms. The molecule has 1 aromatic heterocycles. The van der Waals surface area contributed by atoms with Crippen molar-refractivity contribution in [3.05, 3.63) is 75.6 Å². The molecule has 0 saturated carbocycles. The number of para-hydroxylation sites is 1. The van der Waals surface area contributed by atoms with E-state index in [9.17, 15) is 9.59 Å². The third-order valence-corrected chi connectivity index (χ3v) is 5.75. The lowest BCUT2D eigenvalue weighted by molar-refractivity contribution is 0.0323. The second-order valence-electron chi connectivity index (χ2n) is 6.17. The van der Waals surface area contributed by atoms with Crippen molar-refractivity contribution in [1.29, 1.82) is 0 Å². The van der Waals surface area contributed by atoms with Crippen LogP contribution in [-0.2, 0) is 11.3 Å². The highest BCUT2D eigenvalue weighted by Crippen LogP contribution is 2.42. The molecule has 1 atom stereocenters. The van der Waals surface area contributed by atoms with Gasteiger partial charge in [-0.25, -0.2) is 4.79 Å². The van der Waals surface area contributed by atoms with E-state index in [1.165, 1.54) is 11.3 Å². The molecule has 0 N–H and O–H groups in total. The maximum absolute atomic E-state index is 12.5. The first-order valence-corrected chi connectivity index (χ1v) is 9.58. The monoisotopic (exact) mass is 398 g/mol. The number of ketones is 1. The number of hydrogen-bond donors (Lipinski definition) is 0. The summed E-state index contributed by atoms with van der Waals surface area (Å²) in [4.78, 5) is 26.4. The number of Topliss-reactive ketones (excluding diaryl/α,β-unsaturated/α-hetero) is 1. The van der Waals surface area contributed by atoms with Crippen LogP contribution >= 0.6 is 22.9 Å². The fraction of sp³-hybridized carbons (Fsp3) is 0.143. The largest absolute Gasteiger partial charge is 0.488 e. The van der Waals surface area contributed by atoms with Crippen molar-refractivity contribution in [3.63, 3.8) is 0 Å². The van der Waals surface area contributed by atoms with Gasteiger partial charge in [0.05, 0.1) is 0 Å². The molecule has 4 rings (SSSR count). The number of ether oxygens (including phenoxy) is 2. The van der Waals surface area contributed by atoms with Gasteiger partial charge in [-0.05, 0) is 49.4 Å². The third kappa shape index (κ3) is 3.48. The quantitative estimate of drug-likeness (QED) is 0.436. The zero-order valence-corrected chi connectivity index (χ0v) is 16.0. The van der Waals surface area contributed by atoms with E-state index in [2.05, 4.69) is 0 Å². The van der Waals surface area contributed by atoms with Crippen LogP contribution in [0.1, 0.15) is 32.5 Å². The maximum Gasteiger partial charge on any atom is 0.349 e. The first-order chi connectivity index (χ1) is 13.0. The Kier molecular flexibility index (Phi) is 4.72. The number of carbonyl (C=O) groups excluding carboxylic acids is 2. The fourth-order valence-corrected chi connectivity index (χ4v) is 4.13. The molecule has 27 heavy (non-hydrogen) atoms. The topological polar surface area (TPSA) is 52.6 Å². The highest BCUT2D eigenvalue weighted by molar-refractivity contribution is 7.17. The second kappa shape index (κ2) is 7.18. The number of thiophene rings is 1. The van der Waals surface area contributed by atoms with Crippen molar-refractivity contribution in [2.24, 2.45) is 0 Å². The van der Waals surface area contributed by atoms with Crippen LogP contribution in [0.4, 0.5) is 0 Å². The van der Waals surface area contributed by atoms with Crippen molar-refractivity contribution in [1.82, 2.24) is 0 Å². The van der Waals surface area contributed by atoms with Gasteiger partial charge < -0.3 is 9.47 Å². The Morgan fingerprint density at radius 3 is 2.67 bits per heavy atom. The molecule has 0 fully saturated rings. The van der Waals surface area contributed by atoms with Crippen LogP contribution in [0.2, 0.25) is 5.02 Å². The predicted octanol–water partition coefficient (Wildman–Crippen LogP) is 5.39. The number of halogens is 1. The summed E-state index contributed by atoms with van der Waals surface area (Å²) >= 11 is 7.19. The number of rotatable bonds is 4. The minimum Gasteiger partial charge on any atom is -0.488 e. The zero-order chi connectivity index (χ0) is 19.0. The van der Waals surface area contributed by atoms with Crippen LogP contribution in [0, 0.1) is 0 Å². The van der Waals surface area contributed by atoms with Crippen LogP contribution in [0.25, 0.3) is 10.4 Å². The molecule has 0 amide bonds. The van der Waals surface area contributed by atoms with Gasteiger partial charge in [0.2, 0.25) is 5.78 Å². The molecule has 136 valence electrons. The summed E-state index contributed by atoms with van der Waals surface area (Å²) in [5, 5.41) is 0.544. The molecule has 0 radical (unpaired) electrons. The van der Waals surface area contributed by atoms with Gasteiger partial charge in [-0.1, -0.05) is 23.7 Å². The smallest absolute Gasteiger partial charge is 0.349 e. The molecule has 0 saturated heterocycles. The van der Waals surface area contributed by atoms with Crippen LogP contribution in [0.5, 0.6) is 5.75 Å². The van der Waals surface area contributed by atoms with Crippen molar-refractivity contribution in [2.75, 3.05) is 0 Å². The lowest BCUT2D eigenvalue weighted by atomic mass is 10.1. The highest BCUT2D eigenvalue weighted by atomic mass is 35.5. The van der Waals surface area contributed by atoms with Crippen LogP contribution in [0.3, 0.4) is 0 Å². The molecular formula is C21H15ClO4S. The van der Waals surface area contributed by atoms with Gasteiger partial charge >= 0.3 is 5.97 Å². The van der Waals surface area contributed by atoms with Crippen molar-refractivity contribution < 1.29 is 19.1 Å². The highest BCUT2D eigenvalue weighted by Gasteiger charge is 2.25. The summed E-state index contributed by atoms with van der Waals surface area (Å²) in [6, 6.07) is 16.0. The molecule has 6 heteroatoms. The van der Waals surface area contributed by atoms with E-state index in [0.717, 1.165) is 21.8 Å². The van der Waals surface area contributed by atoms with E-state index in [1.807, 2.05) is 24.3 Å². The van der Waals surface area contributed by atoms with Gasteiger partial charge in [0.15, 0.2) is 6.10 Å². The average Bonchev–Trinajstić information content (AvgIpc) is 3.13. The molecule has 4 nitrogen and oxygen atoms in total. The number of fused-ring (bicyclic) bond motifs is 3. The standard InChI is InChI=1S/C21H15ClO4S/c1-12(19(23)13-6-8-15(22)9-7-13)26-21(24)18-10-14-11-25-17-5-3-2-4-16(17)20(14)27-18/h2-10,12H,11H2,1H3/t12-/m1/s1. The van der Waals surface area contributed by atoms with Crippen LogP contribution < -0.4 is 4.74 Å². The molecular weight excluding hydrogens is 384 g/mol. The molecule has 1 aliphatic heterocycles. The average molecular weight is 399 g/mol. The summed E-state index contributed by atoms with van der Waals surface area (Å²) in [6.07, 6.45) is -0.888. The minimum atomic E-state index is -0.888. The lowest BCUT2D eigenvalue weighted by Gasteiger charge is -2.16. The fourth-order valence-electron chi connectivity index (χ4n) is 2.92.